The molecule has 19 heavy (non-hydrogen) atoms. The van der Waals surface area contributed by atoms with Crippen LogP contribution in [0, 0.1) is 0 Å². The van der Waals surface area contributed by atoms with Crippen LogP contribution in [0.3, 0.4) is 0 Å². The molecule has 0 spiro atoms. The highest BCUT2D eigenvalue weighted by Gasteiger charge is 2.32. The predicted molar refractivity (Wildman–Crippen MR) is 67.1 cm³/mol. The van der Waals surface area contributed by atoms with Crippen molar-refractivity contribution in [3.63, 3.8) is 0 Å². The Morgan fingerprint density at radius 1 is 1.32 bits per heavy atom. The third-order valence-electron chi connectivity index (χ3n) is 3.01. The van der Waals surface area contributed by atoms with Crippen molar-refractivity contribution in [3.05, 3.63) is 29.6 Å². The number of hydrogen-bond donors (Lipinski definition) is 0. The summed E-state index contributed by atoms with van der Waals surface area (Å²) in [6.07, 6.45) is -1.79. The van der Waals surface area contributed by atoms with Crippen LogP contribution >= 0.6 is 15.9 Å². The molecule has 0 atom stereocenters. The molecule has 2 rings (SSSR count). The number of amides is 1. The summed E-state index contributed by atoms with van der Waals surface area (Å²) >= 11 is 3.48. The van der Waals surface area contributed by atoms with Gasteiger partial charge in [0.25, 0.3) is 5.91 Å². The molecule has 7 heteroatoms. The first-order valence-corrected chi connectivity index (χ1v) is 6.76. The maximum absolute atomic E-state index is 12.4. The molecule has 1 aromatic heterocycles. The zero-order valence-corrected chi connectivity index (χ0v) is 11.5. The number of piperidine rings is 1. The first-order chi connectivity index (χ1) is 8.88. The van der Waals surface area contributed by atoms with Gasteiger partial charge in [0.1, 0.15) is 5.69 Å². The van der Waals surface area contributed by atoms with Crippen molar-refractivity contribution in [1.82, 2.24) is 9.88 Å². The van der Waals surface area contributed by atoms with E-state index < -0.39 is 11.9 Å². The van der Waals surface area contributed by atoms with Crippen LogP contribution in [-0.2, 0) is 6.18 Å². The highest BCUT2D eigenvalue weighted by Crippen LogP contribution is 2.27. The van der Waals surface area contributed by atoms with E-state index in [9.17, 15) is 18.0 Å². The maximum Gasteiger partial charge on any atom is 0.433 e. The predicted octanol–water partition coefficient (Wildman–Crippen LogP) is 3.10. The molecule has 0 aromatic carbocycles. The summed E-state index contributed by atoms with van der Waals surface area (Å²) in [4.78, 5) is 17.4. The van der Waals surface area contributed by atoms with Gasteiger partial charge < -0.3 is 4.90 Å². The number of likely N-dealkylation sites (tertiary alicyclic amines) is 1. The Kier molecular flexibility index (Phi) is 4.13. The third-order valence-corrected chi connectivity index (χ3v) is 3.93. The van der Waals surface area contributed by atoms with Gasteiger partial charge in [0, 0.05) is 24.1 Å². The van der Waals surface area contributed by atoms with E-state index in [1.165, 1.54) is 6.07 Å². The lowest BCUT2D eigenvalue weighted by atomic mass is 10.1. The molecule has 3 nitrogen and oxygen atoms in total. The number of aromatic nitrogens is 1. The standard InChI is InChI=1S/C12H12BrF3N2O/c13-9-3-5-18(6-4-9)11(19)8-1-2-10(17-7-8)12(14,15)16/h1-2,7,9H,3-6H2. The number of halogens is 4. The van der Waals surface area contributed by atoms with E-state index in [4.69, 9.17) is 0 Å². The zero-order chi connectivity index (χ0) is 14.0. The van der Waals surface area contributed by atoms with Crippen molar-refractivity contribution in [3.8, 4) is 0 Å². The van der Waals surface area contributed by atoms with Crippen molar-refractivity contribution < 1.29 is 18.0 Å². The molecule has 0 N–H and O–H groups in total. The van der Waals surface area contributed by atoms with Crippen LogP contribution in [0.5, 0.6) is 0 Å². The van der Waals surface area contributed by atoms with Crippen molar-refractivity contribution in [2.45, 2.75) is 23.8 Å². The summed E-state index contributed by atoms with van der Waals surface area (Å²) < 4.78 is 37.1. The lowest BCUT2D eigenvalue weighted by Crippen LogP contribution is -2.38. The van der Waals surface area contributed by atoms with E-state index in [2.05, 4.69) is 20.9 Å². The van der Waals surface area contributed by atoms with Gasteiger partial charge in [-0.2, -0.15) is 13.2 Å². The number of carbonyl (C=O) groups excluding carboxylic acids is 1. The van der Waals surface area contributed by atoms with Gasteiger partial charge in [-0.15, -0.1) is 0 Å². The second-order valence-electron chi connectivity index (χ2n) is 4.40. The summed E-state index contributed by atoms with van der Waals surface area (Å²) in [6, 6.07) is 2.02. The number of rotatable bonds is 1. The lowest BCUT2D eigenvalue weighted by Gasteiger charge is -2.29. The molecule has 104 valence electrons. The van der Waals surface area contributed by atoms with Crippen LogP contribution in [-0.4, -0.2) is 33.7 Å². The molecule has 1 fully saturated rings. The SMILES string of the molecule is O=C(c1ccc(C(F)(F)F)nc1)N1CCC(Br)CC1. The molecule has 0 aliphatic carbocycles. The van der Waals surface area contributed by atoms with E-state index in [0.717, 1.165) is 25.1 Å². The largest absolute Gasteiger partial charge is 0.433 e. The molecular formula is C12H12BrF3N2O. The average Bonchev–Trinajstić information content (AvgIpc) is 2.38. The van der Waals surface area contributed by atoms with E-state index in [1.807, 2.05) is 0 Å². The molecule has 0 bridgehead atoms. The van der Waals surface area contributed by atoms with E-state index in [0.29, 0.717) is 17.9 Å². The van der Waals surface area contributed by atoms with Crippen LogP contribution in [0.4, 0.5) is 13.2 Å². The maximum atomic E-state index is 12.4. The molecule has 1 saturated heterocycles. The fraction of sp³-hybridized carbons (Fsp3) is 0.500. The van der Waals surface area contributed by atoms with Gasteiger partial charge in [0.05, 0.1) is 5.56 Å². The summed E-state index contributed by atoms with van der Waals surface area (Å²) in [5, 5.41) is 0. The number of nitrogens with zero attached hydrogens (tertiary/aromatic N) is 2. The Morgan fingerprint density at radius 2 is 1.95 bits per heavy atom. The van der Waals surface area contributed by atoms with Gasteiger partial charge in [0.15, 0.2) is 0 Å². The van der Waals surface area contributed by atoms with Gasteiger partial charge in [-0.25, -0.2) is 0 Å². The van der Waals surface area contributed by atoms with Crippen LogP contribution < -0.4 is 0 Å². The average molecular weight is 337 g/mol. The number of hydrogen-bond acceptors (Lipinski definition) is 2. The minimum absolute atomic E-state index is 0.195. The van der Waals surface area contributed by atoms with Crippen LogP contribution in [0.1, 0.15) is 28.9 Å². The van der Waals surface area contributed by atoms with E-state index >= 15 is 0 Å². The van der Waals surface area contributed by atoms with Crippen LogP contribution in [0.2, 0.25) is 0 Å². The van der Waals surface area contributed by atoms with Crippen molar-refractivity contribution in [2.24, 2.45) is 0 Å². The van der Waals surface area contributed by atoms with Crippen LogP contribution in [0.25, 0.3) is 0 Å². The lowest BCUT2D eigenvalue weighted by molar-refractivity contribution is -0.141. The Balaban J connectivity index is 2.08. The van der Waals surface area contributed by atoms with Gasteiger partial charge in [-0.1, -0.05) is 15.9 Å². The number of pyridine rings is 1. The molecule has 1 aromatic rings. The van der Waals surface area contributed by atoms with Gasteiger partial charge >= 0.3 is 6.18 Å². The molecule has 0 saturated carbocycles. The highest BCUT2D eigenvalue weighted by atomic mass is 79.9. The first-order valence-electron chi connectivity index (χ1n) is 5.84. The van der Waals surface area contributed by atoms with Crippen molar-refractivity contribution >= 4 is 21.8 Å². The second-order valence-corrected chi connectivity index (χ2v) is 5.69. The quantitative estimate of drug-likeness (QED) is 0.738. The highest BCUT2D eigenvalue weighted by molar-refractivity contribution is 9.09. The van der Waals surface area contributed by atoms with Crippen molar-refractivity contribution in [2.75, 3.05) is 13.1 Å². The summed E-state index contributed by atoms with van der Waals surface area (Å²) in [5.41, 5.74) is -0.788. The van der Waals surface area contributed by atoms with E-state index in [1.54, 1.807) is 4.90 Å². The van der Waals surface area contributed by atoms with Gasteiger partial charge in [-0.3, -0.25) is 9.78 Å². The number of carbonyl (C=O) groups is 1. The fourth-order valence-corrected chi connectivity index (χ4v) is 2.33. The summed E-state index contributed by atoms with van der Waals surface area (Å²) in [5.74, 6) is -0.263. The smallest absolute Gasteiger partial charge is 0.339 e. The molecule has 1 aliphatic rings. The molecule has 0 radical (unpaired) electrons. The molecule has 1 amide bonds. The van der Waals surface area contributed by atoms with E-state index in [-0.39, 0.29) is 11.5 Å². The number of alkyl halides is 4. The monoisotopic (exact) mass is 336 g/mol. The second kappa shape index (κ2) is 5.48. The Labute approximate surface area is 116 Å². The molecule has 1 aliphatic heterocycles. The molecule has 2 heterocycles. The van der Waals surface area contributed by atoms with Crippen LogP contribution in [0.15, 0.2) is 18.3 Å². The minimum Gasteiger partial charge on any atom is -0.339 e. The summed E-state index contributed by atoms with van der Waals surface area (Å²) in [7, 11) is 0. The Hall–Kier alpha value is -1.11. The zero-order valence-electron chi connectivity index (χ0n) is 9.95. The Morgan fingerprint density at radius 3 is 2.42 bits per heavy atom. The third kappa shape index (κ3) is 3.46. The van der Waals surface area contributed by atoms with Gasteiger partial charge in [-0.05, 0) is 25.0 Å². The molecular weight excluding hydrogens is 325 g/mol. The summed E-state index contributed by atoms with van der Waals surface area (Å²) in [6.45, 7) is 1.21. The normalized spacial score (nSPS) is 17.6. The topological polar surface area (TPSA) is 33.2 Å². The minimum atomic E-state index is -4.48. The molecule has 0 unspecified atom stereocenters. The first kappa shape index (κ1) is 14.3. The fourth-order valence-electron chi connectivity index (χ4n) is 1.92. The van der Waals surface area contributed by atoms with Gasteiger partial charge in [0.2, 0.25) is 0 Å². The Bertz CT molecular complexity index is 453. The van der Waals surface area contributed by atoms with Crippen molar-refractivity contribution in [1.29, 1.82) is 0 Å².